The van der Waals surface area contributed by atoms with Gasteiger partial charge in [0.25, 0.3) is 11.9 Å². The Morgan fingerprint density at radius 3 is 3.14 bits per heavy atom. The maximum atomic E-state index is 12.1. The molecule has 0 saturated carbocycles. The summed E-state index contributed by atoms with van der Waals surface area (Å²) in [5, 5.41) is 15.4. The number of benzene rings is 1. The monoisotopic (exact) mass is 283 g/mol. The molecule has 0 bridgehead atoms. The van der Waals surface area contributed by atoms with Gasteiger partial charge < -0.3 is 4.74 Å². The van der Waals surface area contributed by atoms with Gasteiger partial charge in [0.05, 0.1) is 5.69 Å². The topological polar surface area (TPSA) is 111 Å². The van der Waals surface area contributed by atoms with Crippen LogP contribution in [0.15, 0.2) is 30.5 Å². The van der Waals surface area contributed by atoms with Gasteiger partial charge >= 0.3 is 0 Å². The molecule has 1 aromatic carbocycles. The van der Waals surface area contributed by atoms with Crippen LogP contribution in [-0.2, 0) is 6.61 Å². The number of ether oxygens (including phenoxy) is 1. The van der Waals surface area contributed by atoms with Gasteiger partial charge in [0, 0.05) is 6.20 Å². The van der Waals surface area contributed by atoms with Crippen LogP contribution in [0.4, 0.5) is 5.95 Å². The number of aromatic nitrogens is 6. The first-order valence-corrected chi connectivity index (χ1v) is 6.16. The van der Waals surface area contributed by atoms with Crippen LogP contribution in [0.2, 0.25) is 0 Å². The molecule has 1 aliphatic rings. The van der Waals surface area contributed by atoms with E-state index in [1.54, 1.807) is 6.20 Å². The number of amides is 1. The highest BCUT2D eigenvalue weighted by atomic mass is 16.5. The fourth-order valence-corrected chi connectivity index (χ4v) is 2.14. The van der Waals surface area contributed by atoms with Crippen molar-refractivity contribution in [2.24, 2.45) is 0 Å². The summed E-state index contributed by atoms with van der Waals surface area (Å²) in [4.78, 5) is 16.4. The number of H-pyrrole nitrogens is 1. The van der Waals surface area contributed by atoms with Crippen LogP contribution < -0.4 is 10.1 Å². The van der Waals surface area contributed by atoms with Gasteiger partial charge in [-0.1, -0.05) is 17.2 Å². The number of carbonyl (C=O) groups is 1. The Bertz CT molecular complexity index is 809. The van der Waals surface area contributed by atoms with Crippen LogP contribution in [0.25, 0.3) is 5.69 Å². The molecule has 4 rings (SSSR count). The molecule has 0 fully saturated rings. The van der Waals surface area contributed by atoms with Crippen LogP contribution in [-0.4, -0.2) is 36.1 Å². The average molecular weight is 283 g/mol. The van der Waals surface area contributed by atoms with Crippen molar-refractivity contribution >= 4 is 11.9 Å². The molecule has 0 saturated heterocycles. The van der Waals surface area contributed by atoms with Crippen molar-refractivity contribution < 1.29 is 9.53 Å². The lowest BCUT2D eigenvalue weighted by molar-refractivity contribution is 0.102. The van der Waals surface area contributed by atoms with E-state index in [-0.39, 0.29) is 11.6 Å². The molecule has 9 nitrogen and oxygen atoms in total. The molecule has 0 unspecified atom stereocenters. The van der Waals surface area contributed by atoms with E-state index in [0.29, 0.717) is 12.4 Å². The Morgan fingerprint density at radius 2 is 2.29 bits per heavy atom. The summed E-state index contributed by atoms with van der Waals surface area (Å²) in [6.07, 6.45) is 1.66. The maximum absolute atomic E-state index is 12.1. The van der Waals surface area contributed by atoms with E-state index in [1.807, 2.05) is 28.8 Å². The summed E-state index contributed by atoms with van der Waals surface area (Å²) in [6, 6.07) is 7.57. The van der Waals surface area contributed by atoms with Gasteiger partial charge in [-0.2, -0.15) is 5.21 Å². The molecule has 0 aliphatic carbocycles. The number of imidazole rings is 1. The number of aromatic amines is 1. The first-order chi connectivity index (χ1) is 10.3. The first-order valence-electron chi connectivity index (χ1n) is 6.16. The van der Waals surface area contributed by atoms with E-state index in [1.165, 1.54) is 0 Å². The maximum Gasteiger partial charge on any atom is 0.278 e. The standard InChI is InChI=1S/C12H9N7O2/c20-11(14-12-15-17-18-16-12)7-5-19-8-3-1-2-4-9(8)21-6-10(19)13-7/h1-5H,6H2,(H2,14,15,16,17,18,20). The molecule has 1 amide bonds. The van der Waals surface area contributed by atoms with E-state index in [9.17, 15) is 4.79 Å². The quantitative estimate of drug-likeness (QED) is 0.709. The minimum atomic E-state index is -0.407. The predicted octanol–water partition coefficient (Wildman–Crippen LogP) is 0.530. The third kappa shape index (κ3) is 1.91. The second-order valence-corrected chi connectivity index (χ2v) is 4.36. The molecular formula is C12H9N7O2. The van der Waals surface area contributed by atoms with Gasteiger partial charge in [-0.05, 0) is 17.3 Å². The van der Waals surface area contributed by atoms with Gasteiger partial charge in [0.2, 0.25) is 0 Å². The summed E-state index contributed by atoms with van der Waals surface area (Å²) in [7, 11) is 0. The van der Waals surface area contributed by atoms with Gasteiger partial charge in [-0.3, -0.25) is 14.7 Å². The third-order valence-corrected chi connectivity index (χ3v) is 3.06. The zero-order valence-electron chi connectivity index (χ0n) is 10.6. The van der Waals surface area contributed by atoms with Crippen LogP contribution in [0.3, 0.4) is 0 Å². The highest BCUT2D eigenvalue weighted by Gasteiger charge is 2.21. The Labute approximate surface area is 118 Å². The second-order valence-electron chi connectivity index (χ2n) is 4.36. The molecule has 0 atom stereocenters. The molecule has 0 spiro atoms. The Hall–Kier alpha value is -3.23. The number of nitrogens with zero attached hydrogens (tertiary/aromatic N) is 5. The normalized spacial score (nSPS) is 12.2. The summed E-state index contributed by atoms with van der Waals surface area (Å²) >= 11 is 0. The van der Waals surface area contributed by atoms with E-state index in [0.717, 1.165) is 11.4 Å². The Morgan fingerprint density at radius 1 is 1.38 bits per heavy atom. The Balaban J connectivity index is 1.68. The van der Waals surface area contributed by atoms with E-state index in [4.69, 9.17) is 4.74 Å². The number of hydrogen-bond acceptors (Lipinski definition) is 6. The third-order valence-electron chi connectivity index (χ3n) is 3.06. The van der Waals surface area contributed by atoms with Crippen molar-refractivity contribution in [1.82, 2.24) is 30.2 Å². The highest BCUT2D eigenvalue weighted by Crippen LogP contribution is 2.29. The summed E-state index contributed by atoms with van der Waals surface area (Å²) in [5.41, 5.74) is 1.11. The van der Waals surface area contributed by atoms with Crippen molar-refractivity contribution in [3.8, 4) is 11.4 Å². The summed E-state index contributed by atoms with van der Waals surface area (Å²) in [5.74, 6) is 1.11. The predicted molar refractivity (Wildman–Crippen MR) is 70.0 cm³/mol. The van der Waals surface area contributed by atoms with Crippen LogP contribution >= 0.6 is 0 Å². The van der Waals surface area contributed by atoms with E-state index in [2.05, 4.69) is 30.9 Å². The van der Waals surface area contributed by atoms with Crippen molar-refractivity contribution in [3.63, 3.8) is 0 Å². The second kappa shape index (κ2) is 4.40. The SMILES string of the molecule is O=C(Nc1nn[nH]n1)c1cn2c(n1)COc1ccccc1-2. The van der Waals surface area contributed by atoms with Gasteiger partial charge in [0.1, 0.15) is 18.1 Å². The average Bonchev–Trinajstić information content (AvgIpc) is 3.15. The fraction of sp³-hybridized carbons (Fsp3) is 0.0833. The van der Waals surface area contributed by atoms with Crippen LogP contribution in [0.5, 0.6) is 5.75 Å². The Kier molecular flexibility index (Phi) is 2.43. The molecule has 9 heteroatoms. The van der Waals surface area contributed by atoms with Gasteiger partial charge in [-0.15, -0.1) is 5.10 Å². The zero-order valence-corrected chi connectivity index (χ0v) is 10.6. The molecule has 2 aromatic heterocycles. The van der Waals surface area contributed by atoms with Gasteiger partial charge in [0.15, 0.2) is 5.82 Å². The van der Waals surface area contributed by atoms with Crippen molar-refractivity contribution in [2.45, 2.75) is 6.61 Å². The molecule has 3 heterocycles. The first kappa shape index (κ1) is 11.6. The minimum absolute atomic E-state index is 0.0997. The zero-order chi connectivity index (χ0) is 14.2. The number of nitrogens with one attached hydrogen (secondary N) is 2. The molecule has 104 valence electrons. The summed E-state index contributed by atoms with van der Waals surface area (Å²) < 4.78 is 7.43. The number of fused-ring (bicyclic) bond motifs is 3. The molecule has 3 aromatic rings. The molecule has 0 radical (unpaired) electrons. The number of hydrogen-bond donors (Lipinski definition) is 2. The molecular weight excluding hydrogens is 274 g/mol. The molecule has 1 aliphatic heterocycles. The lowest BCUT2D eigenvalue weighted by Gasteiger charge is -2.18. The smallest absolute Gasteiger partial charge is 0.278 e. The van der Waals surface area contributed by atoms with Crippen LogP contribution in [0, 0.1) is 0 Å². The van der Waals surface area contributed by atoms with Crippen molar-refractivity contribution in [3.05, 3.63) is 42.0 Å². The molecule has 21 heavy (non-hydrogen) atoms. The fourth-order valence-electron chi connectivity index (χ4n) is 2.14. The largest absolute Gasteiger partial charge is 0.483 e. The summed E-state index contributed by atoms with van der Waals surface area (Å²) in [6.45, 7) is 0.312. The number of anilines is 1. The highest BCUT2D eigenvalue weighted by molar-refractivity contribution is 6.01. The van der Waals surface area contributed by atoms with Gasteiger partial charge in [-0.25, -0.2) is 4.98 Å². The number of para-hydroxylation sites is 2. The number of carbonyl (C=O) groups excluding carboxylic acids is 1. The van der Waals surface area contributed by atoms with E-state index >= 15 is 0 Å². The number of rotatable bonds is 2. The van der Waals surface area contributed by atoms with Crippen molar-refractivity contribution in [1.29, 1.82) is 0 Å². The lowest BCUT2D eigenvalue weighted by atomic mass is 10.2. The number of tetrazole rings is 1. The molecule has 2 N–H and O–H groups in total. The minimum Gasteiger partial charge on any atom is -0.483 e. The lowest BCUT2D eigenvalue weighted by Crippen LogP contribution is -2.13. The van der Waals surface area contributed by atoms with Crippen LogP contribution in [0.1, 0.15) is 16.3 Å². The van der Waals surface area contributed by atoms with Crippen molar-refractivity contribution in [2.75, 3.05) is 5.32 Å². The van der Waals surface area contributed by atoms with E-state index < -0.39 is 5.91 Å².